The Morgan fingerprint density at radius 2 is 2.03 bits per heavy atom. The zero-order valence-electron chi connectivity index (χ0n) is 20.2. The molecular formula is C28H43NO3. The van der Waals surface area contributed by atoms with Crippen molar-refractivity contribution in [3.63, 3.8) is 0 Å². The smallest absolute Gasteiger partial charge is 0.0811 e. The van der Waals surface area contributed by atoms with Crippen LogP contribution < -0.4 is 0 Å². The maximum absolute atomic E-state index is 10.2. The Morgan fingerprint density at radius 1 is 1.22 bits per heavy atom. The normalized spacial score (nSPS) is 43.1. The van der Waals surface area contributed by atoms with Crippen molar-refractivity contribution in [2.24, 2.45) is 23.2 Å². The van der Waals surface area contributed by atoms with Gasteiger partial charge in [-0.2, -0.15) is 0 Å². The van der Waals surface area contributed by atoms with Crippen LogP contribution in [0.25, 0.3) is 0 Å². The molecule has 2 N–H and O–H groups in total. The molecule has 4 saturated carbocycles. The van der Waals surface area contributed by atoms with Gasteiger partial charge in [-0.1, -0.05) is 38.2 Å². The minimum atomic E-state index is -0.605. The van der Waals surface area contributed by atoms with Crippen LogP contribution in [0.1, 0.15) is 71.6 Å². The van der Waals surface area contributed by atoms with Crippen LogP contribution >= 0.6 is 0 Å². The molecule has 0 aromatic rings. The van der Waals surface area contributed by atoms with Crippen molar-refractivity contribution in [2.75, 3.05) is 26.3 Å². The molecule has 0 radical (unpaired) electrons. The first kappa shape index (κ1) is 22.8. The van der Waals surface area contributed by atoms with Gasteiger partial charge >= 0.3 is 0 Å². The van der Waals surface area contributed by atoms with Gasteiger partial charge < -0.3 is 14.9 Å². The number of hydrogen-bond acceptors (Lipinski definition) is 4. The summed E-state index contributed by atoms with van der Waals surface area (Å²) < 4.78 is 5.81. The van der Waals surface area contributed by atoms with Gasteiger partial charge in [-0.15, -0.1) is 0 Å². The first-order valence-electron chi connectivity index (χ1n) is 13.1. The molecule has 0 aromatic heterocycles. The second kappa shape index (κ2) is 8.69. The van der Waals surface area contributed by atoms with Gasteiger partial charge in [0.15, 0.2) is 0 Å². The number of nitrogens with zero attached hydrogens (tertiary/aromatic N) is 1. The molecule has 0 aromatic carbocycles. The van der Waals surface area contributed by atoms with Crippen LogP contribution in [0.2, 0.25) is 0 Å². The van der Waals surface area contributed by atoms with Gasteiger partial charge in [0, 0.05) is 25.0 Å². The third kappa shape index (κ3) is 4.06. The Bertz CT molecular complexity index is 796. The SMILES string of the molecule is C=C1C(=CC=C2CCC[C@]3(C)[C@@H](C(C)CN4CCOCC45CC5)CC[C@@H]23)C[C@@H](O)C[C@@H]1O. The molecule has 5 fully saturated rings. The van der Waals surface area contributed by atoms with Gasteiger partial charge in [0.2, 0.25) is 0 Å². The van der Waals surface area contributed by atoms with E-state index in [1.54, 1.807) is 5.57 Å². The van der Waals surface area contributed by atoms with Crippen LogP contribution in [0.5, 0.6) is 0 Å². The number of rotatable bonds is 4. The van der Waals surface area contributed by atoms with Crippen molar-refractivity contribution in [2.45, 2.75) is 89.4 Å². The molecule has 4 nitrogen and oxygen atoms in total. The highest BCUT2D eigenvalue weighted by atomic mass is 16.5. The summed E-state index contributed by atoms with van der Waals surface area (Å²) in [6.45, 7) is 13.4. The second-order valence-corrected chi connectivity index (χ2v) is 11.9. The Hall–Kier alpha value is -0.940. The van der Waals surface area contributed by atoms with E-state index in [4.69, 9.17) is 4.74 Å². The van der Waals surface area contributed by atoms with Crippen LogP contribution in [-0.4, -0.2) is 59.2 Å². The van der Waals surface area contributed by atoms with Crippen LogP contribution in [0.15, 0.2) is 35.5 Å². The average molecular weight is 442 g/mol. The zero-order chi connectivity index (χ0) is 22.5. The number of morpholine rings is 1. The molecule has 0 amide bonds. The quantitative estimate of drug-likeness (QED) is 0.668. The Balaban J connectivity index is 1.30. The van der Waals surface area contributed by atoms with Crippen molar-refractivity contribution in [3.8, 4) is 0 Å². The zero-order valence-corrected chi connectivity index (χ0v) is 20.2. The lowest BCUT2D eigenvalue weighted by Crippen LogP contribution is -2.50. The first-order chi connectivity index (χ1) is 15.3. The van der Waals surface area contributed by atoms with Crippen molar-refractivity contribution in [1.82, 2.24) is 4.90 Å². The molecular weight excluding hydrogens is 398 g/mol. The Kier molecular flexibility index (Phi) is 6.20. The van der Waals surface area contributed by atoms with Gasteiger partial charge in [-0.3, -0.25) is 4.90 Å². The molecule has 1 spiro atoms. The predicted octanol–water partition coefficient (Wildman–Crippen LogP) is 4.63. The highest BCUT2D eigenvalue weighted by Crippen LogP contribution is 2.59. The summed E-state index contributed by atoms with van der Waals surface area (Å²) in [7, 11) is 0. The van der Waals surface area contributed by atoms with E-state index in [0.717, 1.165) is 42.7 Å². The van der Waals surface area contributed by atoms with E-state index in [1.807, 2.05) is 0 Å². The molecule has 5 aliphatic rings. The van der Waals surface area contributed by atoms with Crippen molar-refractivity contribution in [3.05, 3.63) is 35.5 Å². The number of fused-ring (bicyclic) bond motifs is 1. The Labute approximate surface area is 194 Å². The first-order valence-corrected chi connectivity index (χ1v) is 13.1. The molecule has 1 saturated heterocycles. The maximum Gasteiger partial charge on any atom is 0.0811 e. The number of aliphatic hydroxyl groups excluding tert-OH is 2. The second-order valence-electron chi connectivity index (χ2n) is 11.9. The topological polar surface area (TPSA) is 52.9 Å². The molecule has 0 bridgehead atoms. The average Bonchev–Trinajstić information content (AvgIpc) is 3.43. The summed E-state index contributed by atoms with van der Waals surface area (Å²) >= 11 is 0. The summed E-state index contributed by atoms with van der Waals surface area (Å²) in [6, 6.07) is 0. The summed E-state index contributed by atoms with van der Waals surface area (Å²) in [5, 5.41) is 20.3. The molecule has 1 unspecified atom stereocenters. The highest BCUT2D eigenvalue weighted by molar-refractivity contribution is 5.38. The molecule has 178 valence electrons. The predicted molar refractivity (Wildman–Crippen MR) is 128 cm³/mol. The lowest BCUT2D eigenvalue weighted by Gasteiger charge is -2.46. The number of allylic oxidation sites excluding steroid dienone is 3. The monoisotopic (exact) mass is 441 g/mol. The van der Waals surface area contributed by atoms with Crippen molar-refractivity contribution < 1.29 is 14.9 Å². The summed E-state index contributed by atoms with van der Waals surface area (Å²) in [5.74, 6) is 2.18. The van der Waals surface area contributed by atoms with Crippen molar-refractivity contribution in [1.29, 1.82) is 0 Å². The fraction of sp³-hybridized carbons (Fsp3) is 0.786. The van der Waals surface area contributed by atoms with E-state index in [9.17, 15) is 10.2 Å². The van der Waals surface area contributed by atoms with E-state index in [0.29, 0.717) is 29.7 Å². The molecule has 4 heteroatoms. The minimum Gasteiger partial charge on any atom is -0.393 e. The molecule has 6 atom stereocenters. The van der Waals surface area contributed by atoms with E-state index in [2.05, 4.69) is 37.5 Å². The fourth-order valence-corrected chi connectivity index (χ4v) is 7.81. The maximum atomic E-state index is 10.2. The highest BCUT2D eigenvalue weighted by Gasteiger charge is 2.53. The van der Waals surface area contributed by atoms with E-state index >= 15 is 0 Å². The number of ether oxygens (including phenoxy) is 1. The van der Waals surface area contributed by atoms with E-state index in [1.165, 1.54) is 51.5 Å². The Morgan fingerprint density at radius 3 is 2.81 bits per heavy atom. The molecule has 1 heterocycles. The largest absolute Gasteiger partial charge is 0.393 e. The van der Waals surface area contributed by atoms with Gasteiger partial charge in [0.25, 0.3) is 0 Å². The molecule has 4 aliphatic carbocycles. The van der Waals surface area contributed by atoms with Gasteiger partial charge in [0.05, 0.1) is 25.4 Å². The lowest BCUT2D eigenvalue weighted by molar-refractivity contribution is -0.0357. The minimum absolute atomic E-state index is 0.382. The number of hydrogen-bond donors (Lipinski definition) is 2. The molecule has 32 heavy (non-hydrogen) atoms. The van der Waals surface area contributed by atoms with Crippen LogP contribution in [0.4, 0.5) is 0 Å². The van der Waals surface area contributed by atoms with Gasteiger partial charge in [-0.25, -0.2) is 0 Å². The van der Waals surface area contributed by atoms with Gasteiger partial charge in [-0.05, 0) is 85.7 Å². The van der Waals surface area contributed by atoms with E-state index < -0.39 is 12.2 Å². The third-order valence-electron chi connectivity index (χ3n) is 9.87. The summed E-state index contributed by atoms with van der Waals surface area (Å²) in [6.07, 6.45) is 13.6. The fourth-order valence-electron chi connectivity index (χ4n) is 7.81. The summed E-state index contributed by atoms with van der Waals surface area (Å²) in [4.78, 5) is 2.77. The molecule has 1 aliphatic heterocycles. The molecule has 5 rings (SSSR count). The van der Waals surface area contributed by atoms with Crippen molar-refractivity contribution >= 4 is 0 Å². The standard InChI is InChI=1S/C28H43NO3/c1-19(17-29-13-14-32-18-28(29)11-12-28)24-8-9-25-21(5-4-10-27(24,25)3)6-7-22-15-23(30)16-26(31)20(22)2/h6-7,19,23-26,30-31H,2,4-5,8-18H2,1,3H3/t19?,23-,24-,25+,26+,27-/m1/s1. The van der Waals surface area contributed by atoms with Gasteiger partial charge in [0.1, 0.15) is 0 Å². The lowest BCUT2D eigenvalue weighted by atomic mass is 9.61. The van der Waals surface area contributed by atoms with E-state index in [-0.39, 0.29) is 0 Å². The third-order valence-corrected chi connectivity index (χ3v) is 9.87. The van der Waals surface area contributed by atoms with Crippen LogP contribution in [0.3, 0.4) is 0 Å². The van der Waals surface area contributed by atoms with Crippen LogP contribution in [0, 0.1) is 23.2 Å². The summed E-state index contributed by atoms with van der Waals surface area (Å²) in [5.41, 5.74) is 4.19. The van der Waals surface area contributed by atoms with Crippen LogP contribution in [-0.2, 0) is 4.74 Å². The number of aliphatic hydroxyl groups is 2.